The summed E-state index contributed by atoms with van der Waals surface area (Å²) in [6.45, 7) is 5.33. The molecule has 0 radical (unpaired) electrons. The number of benzene rings is 4. The van der Waals surface area contributed by atoms with E-state index in [0.717, 1.165) is 10.3 Å². The van der Waals surface area contributed by atoms with Gasteiger partial charge in [-0.3, -0.25) is 14.5 Å². The number of rotatable bonds is 5. The average Bonchev–Trinajstić information content (AvgIpc) is 3.33. The van der Waals surface area contributed by atoms with Crippen molar-refractivity contribution < 1.29 is 23.9 Å². The first kappa shape index (κ1) is 28.4. The highest BCUT2D eigenvalue weighted by atomic mass is 35.5. The fourth-order valence-electron chi connectivity index (χ4n) is 5.76. The van der Waals surface area contributed by atoms with Gasteiger partial charge in [-0.1, -0.05) is 35.9 Å². The van der Waals surface area contributed by atoms with Crippen molar-refractivity contribution in [1.82, 2.24) is 4.98 Å². The van der Waals surface area contributed by atoms with Gasteiger partial charge in [0, 0.05) is 45.5 Å². The van der Waals surface area contributed by atoms with Crippen LogP contribution in [-0.4, -0.2) is 34.5 Å². The third-order valence-corrected chi connectivity index (χ3v) is 8.27. The fourth-order valence-corrected chi connectivity index (χ4v) is 6.07. The summed E-state index contributed by atoms with van der Waals surface area (Å²) in [5, 5.41) is 12.2. The minimum absolute atomic E-state index is 0.0804. The van der Waals surface area contributed by atoms with Gasteiger partial charge in [-0.05, 0) is 79.9 Å². The number of nitrogens with two attached hydrogens (primary N) is 1. The molecule has 0 spiro atoms. The molecule has 0 atom stereocenters. The minimum atomic E-state index is -1.10. The average molecular weight is 599 g/mol. The Kier molecular flexibility index (Phi) is 6.75. The molecule has 1 fully saturated rings. The predicted molar refractivity (Wildman–Crippen MR) is 166 cm³/mol. The summed E-state index contributed by atoms with van der Waals surface area (Å²) >= 11 is 6.88. The van der Waals surface area contributed by atoms with Crippen molar-refractivity contribution >= 4 is 62.6 Å². The van der Waals surface area contributed by atoms with Crippen LogP contribution in [0, 0.1) is 12.7 Å². The highest BCUT2D eigenvalue weighted by Gasteiger charge is 2.35. The van der Waals surface area contributed by atoms with Crippen LogP contribution < -0.4 is 15.5 Å². The second-order valence-corrected chi connectivity index (χ2v) is 11.6. The van der Waals surface area contributed by atoms with E-state index in [2.05, 4.69) is 4.98 Å². The second kappa shape index (κ2) is 10.2. The minimum Gasteiger partial charge on any atom is -0.386 e. The number of carbonyl (C=O) groups is 3. The number of urea groups is 1. The Morgan fingerprint density at radius 3 is 2.47 bits per heavy atom. The lowest BCUT2D eigenvalue weighted by Gasteiger charge is -2.35. The number of amides is 4. The summed E-state index contributed by atoms with van der Waals surface area (Å²) in [6.07, 6.45) is 0.0804. The van der Waals surface area contributed by atoms with Crippen molar-refractivity contribution in [2.75, 3.05) is 16.3 Å². The number of anilines is 2. The Labute approximate surface area is 251 Å². The highest BCUT2D eigenvalue weighted by Crippen LogP contribution is 2.44. The van der Waals surface area contributed by atoms with E-state index in [9.17, 15) is 23.9 Å². The molecule has 43 heavy (non-hydrogen) atoms. The van der Waals surface area contributed by atoms with Crippen molar-refractivity contribution in [2.45, 2.75) is 32.8 Å². The van der Waals surface area contributed by atoms with Gasteiger partial charge in [0.15, 0.2) is 0 Å². The van der Waals surface area contributed by atoms with Crippen molar-refractivity contribution in [2.24, 2.45) is 5.73 Å². The molecule has 8 nitrogen and oxygen atoms in total. The van der Waals surface area contributed by atoms with Crippen LogP contribution in [-0.2, 0) is 10.4 Å². The topological polar surface area (TPSA) is 120 Å². The lowest BCUT2D eigenvalue weighted by molar-refractivity contribution is -0.118. The molecule has 4 aromatic carbocycles. The molecule has 4 amide bonds. The molecular formula is C33H28ClFN4O4. The molecule has 2 heterocycles. The first-order valence-corrected chi connectivity index (χ1v) is 14.0. The number of aromatic amines is 1. The lowest BCUT2D eigenvalue weighted by Crippen LogP contribution is -2.53. The van der Waals surface area contributed by atoms with Gasteiger partial charge in [0.1, 0.15) is 5.82 Å². The number of hydrogen-bond acceptors (Lipinski definition) is 4. The maximum Gasteiger partial charge on any atom is 0.335 e. The molecule has 4 N–H and O–H groups in total. The molecule has 0 aliphatic carbocycles. The first-order chi connectivity index (χ1) is 20.4. The van der Waals surface area contributed by atoms with E-state index in [1.165, 1.54) is 35.2 Å². The Morgan fingerprint density at radius 2 is 1.79 bits per heavy atom. The number of aromatic nitrogens is 1. The van der Waals surface area contributed by atoms with Crippen LogP contribution in [0.3, 0.4) is 0 Å². The van der Waals surface area contributed by atoms with Crippen molar-refractivity contribution in [3.8, 4) is 11.1 Å². The quantitative estimate of drug-likeness (QED) is 0.207. The highest BCUT2D eigenvalue weighted by molar-refractivity contribution is 6.37. The lowest BCUT2D eigenvalue weighted by atomic mass is 9.92. The summed E-state index contributed by atoms with van der Waals surface area (Å²) in [4.78, 5) is 45.3. The molecule has 1 aromatic heterocycles. The standard InChI is InChI=1S/C33H28ClFN4O4/c1-17-21(5-4-6-26(17)39-27(40)13-14-38(32(39)42)20-10-8-19(35)9-11-20)28-24(34)16-23(31(36)41)30-29(28)22-12-7-18(33(2,3)43)15-25(22)37-30/h4-12,15-16,37,43H,13-14H2,1-3H3,(H2,36,41). The second-order valence-electron chi connectivity index (χ2n) is 11.2. The van der Waals surface area contributed by atoms with Gasteiger partial charge < -0.3 is 15.8 Å². The molecule has 5 aromatic rings. The Morgan fingerprint density at radius 1 is 1.07 bits per heavy atom. The SMILES string of the molecule is Cc1c(-c2c(Cl)cc(C(N)=O)c3[nH]c4cc(C(C)(C)O)ccc4c23)cccc1N1C(=O)CCN(c2ccc(F)cc2)C1=O. The number of aliphatic hydroxyl groups is 1. The van der Waals surface area contributed by atoms with Gasteiger partial charge in [-0.15, -0.1) is 0 Å². The van der Waals surface area contributed by atoms with Crippen molar-refractivity contribution in [3.63, 3.8) is 0 Å². The van der Waals surface area contributed by atoms with Crippen LogP contribution in [0.25, 0.3) is 32.9 Å². The summed E-state index contributed by atoms with van der Waals surface area (Å²) < 4.78 is 13.6. The monoisotopic (exact) mass is 598 g/mol. The number of primary amides is 1. The summed E-state index contributed by atoms with van der Waals surface area (Å²) in [6, 6.07) is 17.2. The fraction of sp³-hybridized carbons (Fsp3) is 0.182. The van der Waals surface area contributed by atoms with Crippen molar-refractivity contribution in [1.29, 1.82) is 0 Å². The predicted octanol–water partition coefficient (Wildman–Crippen LogP) is 6.78. The van der Waals surface area contributed by atoms with Gasteiger partial charge in [0.25, 0.3) is 5.91 Å². The van der Waals surface area contributed by atoms with Crippen LogP contribution in [0.4, 0.5) is 20.6 Å². The van der Waals surface area contributed by atoms with Gasteiger partial charge >= 0.3 is 6.03 Å². The number of halogens is 2. The van der Waals surface area contributed by atoms with E-state index in [4.69, 9.17) is 17.3 Å². The van der Waals surface area contributed by atoms with Crippen molar-refractivity contribution in [3.05, 3.63) is 94.3 Å². The maximum absolute atomic E-state index is 13.7. The largest absolute Gasteiger partial charge is 0.386 e. The summed E-state index contributed by atoms with van der Waals surface area (Å²) in [5.41, 5.74) is 9.39. The molecule has 6 rings (SSSR count). The zero-order valence-corrected chi connectivity index (χ0v) is 24.4. The Hall–Kier alpha value is -4.73. The van der Waals surface area contributed by atoms with Gasteiger partial charge in [-0.25, -0.2) is 14.1 Å². The number of hydrogen-bond donors (Lipinski definition) is 3. The molecule has 1 saturated heterocycles. The first-order valence-electron chi connectivity index (χ1n) is 13.7. The van der Waals surface area contributed by atoms with E-state index in [0.29, 0.717) is 50.0 Å². The molecule has 218 valence electrons. The smallest absolute Gasteiger partial charge is 0.335 e. The number of H-pyrrole nitrogens is 1. The summed E-state index contributed by atoms with van der Waals surface area (Å²) in [7, 11) is 0. The van der Waals surface area contributed by atoms with Crippen LogP contribution in [0.1, 0.15) is 41.8 Å². The van der Waals surface area contributed by atoms with E-state index in [-0.39, 0.29) is 29.5 Å². The molecule has 0 unspecified atom stereocenters. The van der Waals surface area contributed by atoms with Crippen LogP contribution in [0.15, 0.2) is 66.7 Å². The third-order valence-electron chi connectivity index (χ3n) is 7.97. The molecule has 1 aliphatic rings. The van der Waals surface area contributed by atoms with Crippen LogP contribution >= 0.6 is 11.6 Å². The third kappa shape index (κ3) is 4.70. The van der Waals surface area contributed by atoms with E-state index >= 15 is 0 Å². The number of carbonyl (C=O) groups excluding carboxylic acids is 3. The molecule has 0 saturated carbocycles. The molecule has 1 aliphatic heterocycles. The van der Waals surface area contributed by atoms with E-state index < -0.39 is 23.4 Å². The number of fused-ring (bicyclic) bond motifs is 3. The summed E-state index contributed by atoms with van der Waals surface area (Å²) in [5.74, 6) is -1.46. The van der Waals surface area contributed by atoms with Gasteiger partial charge in [0.2, 0.25) is 5.91 Å². The molecule has 10 heteroatoms. The maximum atomic E-state index is 13.7. The Balaban J connectivity index is 1.55. The Bertz CT molecular complexity index is 1980. The molecule has 0 bridgehead atoms. The zero-order valence-electron chi connectivity index (χ0n) is 23.7. The number of nitrogens with zero attached hydrogens (tertiary/aromatic N) is 2. The normalized spacial score (nSPS) is 14.3. The number of nitrogens with one attached hydrogen (secondary N) is 1. The van der Waals surface area contributed by atoms with Crippen LogP contribution in [0.5, 0.6) is 0 Å². The molecular weight excluding hydrogens is 571 g/mol. The van der Waals surface area contributed by atoms with Gasteiger partial charge in [0.05, 0.1) is 22.4 Å². The number of imide groups is 1. The van der Waals surface area contributed by atoms with Crippen LogP contribution in [0.2, 0.25) is 5.02 Å². The zero-order chi connectivity index (χ0) is 30.8. The van der Waals surface area contributed by atoms with E-state index in [1.54, 1.807) is 32.9 Å². The van der Waals surface area contributed by atoms with E-state index in [1.807, 2.05) is 24.3 Å². The van der Waals surface area contributed by atoms with Gasteiger partial charge in [-0.2, -0.15) is 0 Å².